The number of hydrogen-bond acceptors (Lipinski definition) is 5. The summed E-state index contributed by atoms with van der Waals surface area (Å²) in [5.41, 5.74) is 2.59. The van der Waals surface area contributed by atoms with Crippen LogP contribution in [0.1, 0.15) is 21.8 Å². The summed E-state index contributed by atoms with van der Waals surface area (Å²) in [5, 5.41) is 1.25. The molecule has 0 amide bonds. The molecule has 0 unspecified atom stereocenters. The molecular weight excluding hydrogens is 328 g/mol. The second kappa shape index (κ2) is 6.73. The first kappa shape index (κ1) is 16.5. The molecule has 0 N–H and O–H groups in total. The summed E-state index contributed by atoms with van der Waals surface area (Å²) < 4.78 is 0. The highest BCUT2D eigenvalue weighted by atomic mass is 32.1. The van der Waals surface area contributed by atoms with Gasteiger partial charge in [-0.15, -0.1) is 11.3 Å². The van der Waals surface area contributed by atoms with Crippen LogP contribution in [0.3, 0.4) is 0 Å². The smallest absolute Gasteiger partial charge is 0.141 e. The monoisotopic (exact) mass is 352 g/mol. The van der Waals surface area contributed by atoms with Crippen LogP contribution >= 0.6 is 11.3 Å². The number of piperazine rings is 1. The highest BCUT2D eigenvalue weighted by Gasteiger charge is 2.22. The van der Waals surface area contributed by atoms with Crippen LogP contribution in [-0.4, -0.2) is 48.1 Å². The zero-order chi connectivity index (χ0) is 17.4. The van der Waals surface area contributed by atoms with Crippen molar-refractivity contribution < 1.29 is 0 Å². The first-order valence-electron chi connectivity index (χ1n) is 8.86. The highest BCUT2D eigenvalue weighted by Crippen LogP contribution is 2.35. The van der Waals surface area contributed by atoms with Gasteiger partial charge >= 0.3 is 0 Å². The summed E-state index contributed by atoms with van der Waals surface area (Å²) in [7, 11) is 2.19. The molecule has 4 rings (SSSR count). The van der Waals surface area contributed by atoms with Crippen molar-refractivity contribution in [2.45, 2.75) is 20.3 Å². The van der Waals surface area contributed by atoms with Crippen molar-refractivity contribution in [3.05, 3.63) is 52.2 Å². The van der Waals surface area contributed by atoms with E-state index in [0.29, 0.717) is 0 Å². The van der Waals surface area contributed by atoms with Gasteiger partial charge in [-0.25, -0.2) is 9.97 Å². The molecule has 1 aliphatic heterocycles. The third kappa shape index (κ3) is 3.26. The van der Waals surface area contributed by atoms with Gasteiger partial charge in [0.2, 0.25) is 0 Å². The van der Waals surface area contributed by atoms with Crippen molar-refractivity contribution >= 4 is 27.4 Å². The number of anilines is 1. The molecule has 2 aromatic heterocycles. The Labute approximate surface area is 153 Å². The van der Waals surface area contributed by atoms with E-state index in [4.69, 9.17) is 9.97 Å². The number of hydrogen-bond donors (Lipinski definition) is 0. The summed E-state index contributed by atoms with van der Waals surface area (Å²) in [4.78, 5) is 17.2. The summed E-state index contributed by atoms with van der Waals surface area (Å²) in [6.07, 6.45) is 0.785. The Morgan fingerprint density at radius 2 is 1.72 bits per heavy atom. The van der Waals surface area contributed by atoms with Gasteiger partial charge in [0.25, 0.3) is 0 Å². The quantitative estimate of drug-likeness (QED) is 0.720. The maximum atomic E-state index is 5.02. The number of aryl methyl sites for hydroxylation is 2. The van der Waals surface area contributed by atoms with Gasteiger partial charge in [0.05, 0.1) is 5.39 Å². The van der Waals surface area contributed by atoms with Crippen LogP contribution in [0.2, 0.25) is 0 Å². The van der Waals surface area contributed by atoms with Crippen molar-refractivity contribution in [3.8, 4) is 0 Å². The van der Waals surface area contributed by atoms with Crippen molar-refractivity contribution in [2.75, 3.05) is 38.1 Å². The predicted molar refractivity (Wildman–Crippen MR) is 106 cm³/mol. The number of likely N-dealkylation sites (N-methyl/N-ethyl adjacent to an activating group) is 1. The zero-order valence-corrected chi connectivity index (χ0v) is 15.9. The molecule has 1 aliphatic rings. The molecule has 0 spiro atoms. The standard InChI is InChI=1S/C20H24N4S/c1-14-15(2)25-20-18(14)19(24-11-9-23(3)10-12-24)21-17(22-20)13-16-7-5-4-6-8-16/h4-8H,9-13H2,1-3H3. The van der Waals surface area contributed by atoms with Crippen molar-refractivity contribution in [1.29, 1.82) is 0 Å². The minimum absolute atomic E-state index is 0.785. The lowest BCUT2D eigenvalue weighted by molar-refractivity contribution is 0.312. The van der Waals surface area contributed by atoms with Gasteiger partial charge in [-0.3, -0.25) is 0 Å². The zero-order valence-electron chi connectivity index (χ0n) is 15.1. The van der Waals surface area contributed by atoms with Crippen molar-refractivity contribution in [1.82, 2.24) is 14.9 Å². The fraction of sp³-hybridized carbons (Fsp3) is 0.400. The van der Waals surface area contributed by atoms with E-state index < -0.39 is 0 Å². The molecule has 25 heavy (non-hydrogen) atoms. The van der Waals surface area contributed by atoms with Gasteiger partial charge in [-0.1, -0.05) is 30.3 Å². The number of benzene rings is 1. The summed E-state index contributed by atoms with van der Waals surface area (Å²) >= 11 is 1.79. The Bertz CT molecular complexity index is 880. The van der Waals surface area contributed by atoms with Gasteiger partial charge < -0.3 is 9.80 Å². The Morgan fingerprint density at radius 1 is 1.00 bits per heavy atom. The first-order valence-corrected chi connectivity index (χ1v) is 9.67. The largest absolute Gasteiger partial charge is 0.353 e. The third-order valence-corrected chi connectivity index (χ3v) is 6.16. The van der Waals surface area contributed by atoms with Gasteiger partial charge in [-0.2, -0.15) is 0 Å². The van der Waals surface area contributed by atoms with Gasteiger partial charge in [0.1, 0.15) is 16.5 Å². The van der Waals surface area contributed by atoms with Crippen LogP contribution in [0.25, 0.3) is 10.2 Å². The summed E-state index contributed by atoms with van der Waals surface area (Å²) in [6.45, 7) is 8.62. The summed E-state index contributed by atoms with van der Waals surface area (Å²) in [5.74, 6) is 2.06. The van der Waals surface area contributed by atoms with Crippen LogP contribution < -0.4 is 4.90 Å². The Kier molecular flexibility index (Phi) is 4.44. The van der Waals surface area contributed by atoms with E-state index in [0.717, 1.165) is 49.1 Å². The number of aromatic nitrogens is 2. The lowest BCUT2D eigenvalue weighted by atomic mass is 10.1. The average Bonchev–Trinajstić information content (AvgIpc) is 2.90. The minimum Gasteiger partial charge on any atom is -0.353 e. The molecule has 0 atom stereocenters. The number of fused-ring (bicyclic) bond motifs is 1. The lowest BCUT2D eigenvalue weighted by Gasteiger charge is -2.33. The molecule has 5 heteroatoms. The van der Waals surface area contributed by atoms with Crippen LogP contribution in [-0.2, 0) is 6.42 Å². The Morgan fingerprint density at radius 3 is 2.44 bits per heavy atom. The molecular formula is C20H24N4S. The van der Waals surface area contributed by atoms with Gasteiger partial charge in [0.15, 0.2) is 0 Å². The second-order valence-corrected chi connectivity index (χ2v) is 8.08. The molecule has 0 radical (unpaired) electrons. The van der Waals surface area contributed by atoms with E-state index in [1.54, 1.807) is 11.3 Å². The first-order chi connectivity index (χ1) is 12.1. The average molecular weight is 353 g/mol. The van der Waals surface area contributed by atoms with Crippen molar-refractivity contribution in [3.63, 3.8) is 0 Å². The van der Waals surface area contributed by atoms with Crippen LogP contribution in [0.4, 0.5) is 5.82 Å². The normalized spacial score (nSPS) is 15.9. The summed E-state index contributed by atoms with van der Waals surface area (Å²) in [6, 6.07) is 10.5. The second-order valence-electron chi connectivity index (χ2n) is 6.88. The number of thiophene rings is 1. The van der Waals surface area contributed by atoms with Crippen molar-refractivity contribution in [2.24, 2.45) is 0 Å². The molecule has 0 aliphatic carbocycles. The molecule has 0 saturated carbocycles. The van der Waals surface area contributed by atoms with Crippen LogP contribution in [0.5, 0.6) is 0 Å². The molecule has 3 heterocycles. The molecule has 1 saturated heterocycles. The van der Waals surface area contributed by atoms with Crippen LogP contribution in [0.15, 0.2) is 30.3 Å². The van der Waals surface area contributed by atoms with E-state index in [2.05, 4.69) is 61.0 Å². The van der Waals surface area contributed by atoms with E-state index in [1.165, 1.54) is 21.4 Å². The topological polar surface area (TPSA) is 32.3 Å². The maximum absolute atomic E-state index is 5.02. The minimum atomic E-state index is 0.785. The lowest BCUT2D eigenvalue weighted by Crippen LogP contribution is -2.45. The van der Waals surface area contributed by atoms with E-state index in [1.807, 2.05) is 0 Å². The number of rotatable bonds is 3. The van der Waals surface area contributed by atoms with E-state index in [-0.39, 0.29) is 0 Å². The van der Waals surface area contributed by atoms with E-state index >= 15 is 0 Å². The molecule has 1 fully saturated rings. The van der Waals surface area contributed by atoms with E-state index in [9.17, 15) is 0 Å². The van der Waals surface area contributed by atoms with Gasteiger partial charge in [-0.05, 0) is 32.0 Å². The third-order valence-electron chi connectivity index (χ3n) is 5.06. The molecule has 3 aromatic rings. The maximum Gasteiger partial charge on any atom is 0.141 e. The van der Waals surface area contributed by atoms with Crippen LogP contribution in [0, 0.1) is 13.8 Å². The highest BCUT2D eigenvalue weighted by molar-refractivity contribution is 7.18. The predicted octanol–water partition coefficient (Wildman–Crippen LogP) is 3.65. The molecule has 4 nitrogen and oxygen atoms in total. The Balaban J connectivity index is 1.78. The Hall–Kier alpha value is -1.98. The fourth-order valence-electron chi connectivity index (χ4n) is 3.38. The molecule has 130 valence electrons. The molecule has 1 aromatic carbocycles. The number of nitrogens with zero attached hydrogens (tertiary/aromatic N) is 4. The van der Waals surface area contributed by atoms with Gasteiger partial charge in [0, 0.05) is 37.5 Å². The fourth-order valence-corrected chi connectivity index (χ4v) is 4.42. The SMILES string of the molecule is Cc1sc2nc(Cc3ccccc3)nc(N3CCN(C)CC3)c2c1C. The molecule has 0 bridgehead atoms.